The van der Waals surface area contributed by atoms with E-state index in [-0.39, 0.29) is 18.9 Å². The van der Waals surface area contributed by atoms with Gasteiger partial charge in [-0.25, -0.2) is 15.0 Å². The smallest absolute Gasteiger partial charge is 0.269 e. The van der Waals surface area contributed by atoms with Crippen LogP contribution in [0.15, 0.2) is 35.6 Å². The fraction of sp³-hybridized carbons (Fsp3) is 0.421. The molecule has 0 bridgehead atoms. The lowest BCUT2D eigenvalue weighted by atomic mass is 10.2. The van der Waals surface area contributed by atoms with E-state index in [1.54, 1.807) is 30.2 Å². The maximum atomic E-state index is 10.7. The first-order valence-electron chi connectivity index (χ1n) is 9.40. The molecule has 12 heteroatoms. The number of benzene rings is 1. The van der Waals surface area contributed by atoms with Gasteiger partial charge in [-0.05, 0) is 12.5 Å². The number of nitro groups is 1. The monoisotopic (exact) mass is 449 g/mol. The molecule has 1 fully saturated rings. The minimum absolute atomic E-state index is 0.0961. The van der Waals surface area contributed by atoms with Crippen molar-refractivity contribution in [1.82, 2.24) is 19.5 Å². The maximum Gasteiger partial charge on any atom is 0.269 e. The highest BCUT2D eigenvalue weighted by Crippen LogP contribution is 2.27. The Balaban J connectivity index is 0.000000254. The van der Waals surface area contributed by atoms with Crippen molar-refractivity contribution in [2.75, 3.05) is 13.2 Å². The zero-order valence-corrected chi connectivity index (χ0v) is 17.8. The number of nitro benzene ring substituents is 1. The van der Waals surface area contributed by atoms with Crippen LogP contribution in [0, 0.1) is 17.0 Å². The molecule has 2 aromatic heterocycles. The Bertz CT molecular complexity index is 1040. The van der Waals surface area contributed by atoms with Crippen LogP contribution in [0.5, 0.6) is 0 Å². The van der Waals surface area contributed by atoms with Gasteiger partial charge in [-0.1, -0.05) is 23.9 Å². The number of hydrogen-bond donors (Lipinski definition) is 3. The second kappa shape index (κ2) is 10.1. The summed E-state index contributed by atoms with van der Waals surface area (Å²) < 4.78 is 6.64. The predicted molar refractivity (Wildman–Crippen MR) is 113 cm³/mol. The molecule has 0 radical (unpaired) electrons. The molecule has 3 N–H and O–H groups in total. The van der Waals surface area contributed by atoms with Gasteiger partial charge in [-0.2, -0.15) is 0 Å². The van der Waals surface area contributed by atoms with Gasteiger partial charge in [-0.3, -0.25) is 10.1 Å². The van der Waals surface area contributed by atoms with Crippen molar-refractivity contribution in [1.29, 1.82) is 0 Å². The molecule has 0 amide bonds. The largest absolute Gasteiger partial charge is 0.394 e. The second-order valence-electron chi connectivity index (χ2n) is 6.93. The first-order valence-corrected chi connectivity index (χ1v) is 10.4. The molecule has 0 unspecified atom stereocenters. The Labute approximate surface area is 181 Å². The Hall–Kier alpha value is -2.64. The summed E-state index contributed by atoms with van der Waals surface area (Å²) in [7, 11) is 1.90. The van der Waals surface area contributed by atoms with E-state index < -0.39 is 23.2 Å². The average Bonchev–Trinajstić information content (AvgIpc) is 3.29. The number of fused-ring (bicyclic) bond motifs is 1. The lowest BCUT2D eigenvalue weighted by molar-refractivity contribution is -0.384. The summed E-state index contributed by atoms with van der Waals surface area (Å²) >= 11 is 1.55. The Morgan fingerprint density at radius 2 is 2.00 bits per heavy atom. The number of thioether (sulfide) groups is 1. The van der Waals surface area contributed by atoms with Crippen molar-refractivity contribution in [3.8, 4) is 0 Å². The van der Waals surface area contributed by atoms with Gasteiger partial charge in [-0.15, -0.1) is 0 Å². The summed E-state index contributed by atoms with van der Waals surface area (Å²) in [5, 5.41) is 37.7. The highest BCUT2D eigenvalue weighted by molar-refractivity contribution is 7.98. The van der Waals surface area contributed by atoms with Crippen LogP contribution in [0.1, 0.15) is 11.4 Å². The zero-order valence-electron chi connectivity index (χ0n) is 17.0. The zero-order chi connectivity index (χ0) is 22.5. The van der Waals surface area contributed by atoms with Crippen molar-refractivity contribution < 1.29 is 25.0 Å². The summed E-state index contributed by atoms with van der Waals surface area (Å²) in [5.41, 5.74) is 2.67. The third-order valence-electron chi connectivity index (χ3n) is 4.60. The van der Waals surface area contributed by atoms with Gasteiger partial charge >= 0.3 is 0 Å². The highest BCUT2D eigenvalue weighted by Gasteiger charge is 2.33. The summed E-state index contributed by atoms with van der Waals surface area (Å²) in [6.45, 7) is 1.73. The number of rotatable bonds is 5. The maximum absolute atomic E-state index is 10.7. The van der Waals surface area contributed by atoms with Crippen LogP contribution in [0.4, 0.5) is 5.69 Å². The van der Waals surface area contributed by atoms with Crippen molar-refractivity contribution in [2.24, 2.45) is 7.05 Å². The van der Waals surface area contributed by atoms with Crippen molar-refractivity contribution >= 4 is 28.6 Å². The van der Waals surface area contributed by atoms with E-state index in [2.05, 4.69) is 15.0 Å². The van der Waals surface area contributed by atoms with Gasteiger partial charge in [0.15, 0.2) is 5.65 Å². The van der Waals surface area contributed by atoms with Crippen LogP contribution in [0.3, 0.4) is 0 Å². The van der Waals surface area contributed by atoms with E-state index in [0.29, 0.717) is 11.6 Å². The summed E-state index contributed by atoms with van der Waals surface area (Å²) in [5.74, 6) is 1.36. The lowest BCUT2D eigenvalue weighted by Gasteiger charge is -2.10. The first-order chi connectivity index (χ1) is 14.8. The molecular weight excluding hydrogens is 426 g/mol. The highest BCUT2D eigenvalue weighted by atomic mass is 32.2. The second-order valence-corrected chi connectivity index (χ2v) is 7.89. The number of imidazole rings is 1. The Kier molecular flexibility index (Phi) is 7.51. The van der Waals surface area contributed by atoms with Crippen LogP contribution < -0.4 is 0 Å². The summed E-state index contributed by atoms with van der Waals surface area (Å²) in [6, 6.07) is 6.54. The van der Waals surface area contributed by atoms with Crippen molar-refractivity contribution in [2.45, 2.75) is 36.0 Å². The third-order valence-corrected chi connectivity index (χ3v) is 5.63. The molecule has 3 atom stereocenters. The van der Waals surface area contributed by atoms with Gasteiger partial charge in [0.25, 0.3) is 5.69 Å². The van der Waals surface area contributed by atoms with Crippen LogP contribution in [-0.2, 0) is 17.5 Å². The number of non-ortho nitro benzene ring substituents is 1. The van der Waals surface area contributed by atoms with E-state index in [9.17, 15) is 10.1 Å². The molecule has 3 aromatic rings. The SMILES string of the molecule is Cc1nc(SCc2ccc([N+](=O)[O-])cc2)c2ncn(C)c2n1.OC[C@H]1OC[C@H](O)[C@@H]1O. The number of aliphatic hydroxyl groups excluding tert-OH is 3. The van der Waals surface area contributed by atoms with Crippen molar-refractivity contribution in [3.05, 3.63) is 52.1 Å². The molecular formula is C19H23N5O6S. The van der Waals surface area contributed by atoms with Gasteiger partial charge < -0.3 is 24.6 Å². The normalized spacial score (nSPS) is 20.5. The summed E-state index contributed by atoms with van der Waals surface area (Å²) in [4.78, 5) is 23.4. The summed E-state index contributed by atoms with van der Waals surface area (Å²) in [6.07, 6.45) is -0.633. The molecule has 1 aromatic carbocycles. The molecule has 1 aliphatic heterocycles. The standard InChI is InChI=1S/C14H13N5O2S.C5H10O4/c1-9-16-13-12(15-8-18(13)2)14(17-9)22-7-10-3-5-11(6-4-10)19(20)21;6-1-4-5(8)3(7)2-9-4/h3-6,8H,7H2,1-2H3;3-8H,1-2H2/t;3-,4+,5-/m.0/s1. The number of aromatic nitrogens is 4. The Morgan fingerprint density at radius 1 is 1.29 bits per heavy atom. The number of aliphatic hydroxyl groups is 3. The number of aryl methyl sites for hydroxylation is 2. The molecule has 0 aliphatic carbocycles. The molecule has 3 heterocycles. The third kappa shape index (κ3) is 5.54. The van der Waals surface area contributed by atoms with Crippen molar-refractivity contribution in [3.63, 3.8) is 0 Å². The van der Waals surface area contributed by atoms with E-state index in [1.807, 2.05) is 18.5 Å². The van der Waals surface area contributed by atoms with Gasteiger partial charge in [0.1, 0.15) is 34.7 Å². The number of ether oxygens (including phenoxy) is 1. The fourth-order valence-electron chi connectivity index (χ4n) is 2.88. The average molecular weight is 449 g/mol. The molecule has 4 rings (SSSR count). The fourth-order valence-corrected chi connectivity index (χ4v) is 3.85. The van der Waals surface area contributed by atoms with Crippen LogP contribution >= 0.6 is 11.8 Å². The quantitative estimate of drug-likeness (QED) is 0.222. The van der Waals surface area contributed by atoms with E-state index in [0.717, 1.165) is 21.8 Å². The van der Waals surface area contributed by atoms with Gasteiger partial charge in [0.2, 0.25) is 0 Å². The molecule has 0 saturated carbocycles. The molecule has 31 heavy (non-hydrogen) atoms. The molecule has 1 saturated heterocycles. The van der Waals surface area contributed by atoms with E-state index in [4.69, 9.17) is 20.1 Å². The minimum Gasteiger partial charge on any atom is -0.394 e. The van der Waals surface area contributed by atoms with Gasteiger partial charge in [0, 0.05) is 24.9 Å². The van der Waals surface area contributed by atoms with Crippen LogP contribution in [0.2, 0.25) is 0 Å². The van der Waals surface area contributed by atoms with E-state index >= 15 is 0 Å². The van der Waals surface area contributed by atoms with Crippen LogP contribution in [0.25, 0.3) is 11.2 Å². The molecule has 166 valence electrons. The topological polar surface area (TPSA) is 157 Å². The number of nitrogens with zero attached hydrogens (tertiary/aromatic N) is 5. The number of hydrogen-bond acceptors (Lipinski definition) is 10. The Morgan fingerprint density at radius 3 is 2.55 bits per heavy atom. The predicted octanol–water partition coefficient (Wildman–Crippen LogP) is 0.972. The molecule has 11 nitrogen and oxygen atoms in total. The van der Waals surface area contributed by atoms with Gasteiger partial charge in [0.05, 0.1) is 24.5 Å². The molecule has 1 aliphatic rings. The lowest BCUT2D eigenvalue weighted by Crippen LogP contribution is -2.31. The van der Waals surface area contributed by atoms with Crippen LogP contribution in [-0.4, -0.2) is 71.3 Å². The minimum atomic E-state index is -0.921. The first kappa shape index (κ1) is 23.0. The van der Waals surface area contributed by atoms with E-state index in [1.165, 1.54) is 12.1 Å². The molecule has 0 spiro atoms.